The number of rotatable bonds is 4. The van der Waals surface area contributed by atoms with Gasteiger partial charge in [-0.05, 0) is 56.6 Å². The molecule has 0 aliphatic carbocycles. The molecule has 1 fully saturated rings. The number of benzene rings is 1. The summed E-state index contributed by atoms with van der Waals surface area (Å²) in [5, 5.41) is 1.66. The van der Waals surface area contributed by atoms with E-state index in [1.54, 1.807) is 0 Å². The van der Waals surface area contributed by atoms with Crippen LogP contribution in [0.25, 0.3) is 0 Å². The first-order chi connectivity index (χ1) is 9.10. The van der Waals surface area contributed by atoms with Crippen molar-refractivity contribution in [3.8, 4) is 0 Å². The molecule has 1 heterocycles. The number of hydrogen-bond donors (Lipinski definition) is 0. The van der Waals surface area contributed by atoms with Crippen molar-refractivity contribution >= 4 is 33.2 Å². The molecule has 1 aromatic rings. The van der Waals surface area contributed by atoms with Gasteiger partial charge in [0.2, 0.25) is 0 Å². The number of nitrogens with zero attached hydrogens (tertiary/aromatic N) is 2. The molecule has 0 atom stereocenters. The standard InChI is InChI=1S/C15H22BrClN2/c1-18-7-5-12(6-8-18)11-19(2)14-4-3-13(10-16)15(17)9-14/h3-4,9,12H,5-8,10-11H2,1-2H3. The lowest BCUT2D eigenvalue weighted by molar-refractivity contribution is 0.222. The minimum absolute atomic E-state index is 0.802. The van der Waals surface area contributed by atoms with Gasteiger partial charge >= 0.3 is 0 Å². The van der Waals surface area contributed by atoms with E-state index in [0.717, 1.165) is 28.4 Å². The second-order valence-corrected chi connectivity index (χ2v) is 6.50. The predicted octanol–water partition coefficient (Wildman–Crippen LogP) is 4.01. The second kappa shape index (κ2) is 6.96. The molecule has 0 spiro atoms. The maximum absolute atomic E-state index is 6.27. The van der Waals surface area contributed by atoms with Crippen LogP contribution in [0.5, 0.6) is 0 Å². The van der Waals surface area contributed by atoms with E-state index in [4.69, 9.17) is 11.6 Å². The highest BCUT2D eigenvalue weighted by Crippen LogP contribution is 2.26. The van der Waals surface area contributed by atoms with Crippen LogP contribution in [0.3, 0.4) is 0 Å². The van der Waals surface area contributed by atoms with Crippen molar-refractivity contribution in [3.05, 3.63) is 28.8 Å². The van der Waals surface area contributed by atoms with Gasteiger partial charge in [0, 0.05) is 29.6 Å². The van der Waals surface area contributed by atoms with Gasteiger partial charge in [-0.25, -0.2) is 0 Å². The number of anilines is 1. The Labute approximate surface area is 129 Å². The molecule has 0 aromatic heterocycles. The van der Waals surface area contributed by atoms with Crippen molar-refractivity contribution < 1.29 is 0 Å². The lowest BCUT2D eigenvalue weighted by Gasteiger charge is -2.32. The summed E-state index contributed by atoms with van der Waals surface area (Å²) in [4.78, 5) is 4.75. The van der Waals surface area contributed by atoms with Gasteiger partial charge in [-0.15, -0.1) is 0 Å². The van der Waals surface area contributed by atoms with Gasteiger partial charge in [-0.1, -0.05) is 33.6 Å². The summed E-state index contributed by atoms with van der Waals surface area (Å²) in [7, 11) is 4.37. The SMILES string of the molecule is CN1CCC(CN(C)c2ccc(CBr)c(Cl)c2)CC1. The first-order valence-electron chi connectivity index (χ1n) is 6.84. The van der Waals surface area contributed by atoms with Crippen molar-refractivity contribution in [3.63, 3.8) is 0 Å². The Kier molecular flexibility index (Phi) is 5.55. The maximum Gasteiger partial charge on any atom is 0.0467 e. The number of hydrogen-bond acceptors (Lipinski definition) is 2. The quantitative estimate of drug-likeness (QED) is 0.761. The Hall–Kier alpha value is -0.250. The van der Waals surface area contributed by atoms with Crippen molar-refractivity contribution in [2.75, 3.05) is 38.6 Å². The summed E-state index contributed by atoms with van der Waals surface area (Å²) >= 11 is 9.72. The van der Waals surface area contributed by atoms with E-state index in [-0.39, 0.29) is 0 Å². The zero-order valence-corrected chi connectivity index (χ0v) is 14.0. The fourth-order valence-corrected chi connectivity index (χ4v) is 3.51. The van der Waals surface area contributed by atoms with Crippen LogP contribution < -0.4 is 4.90 Å². The van der Waals surface area contributed by atoms with Crippen molar-refractivity contribution in [2.45, 2.75) is 18.2 Å². The fourth-order valence-electron chi connectivity index (χ4n) is 2.62. The van der Waals surface area contributed by atoms with E-state index in [2.05, 4.69) is 58.0 Å². The monoisotopic (exact) mass is 344 g/mol. The van der Waals surface area contributed by atoms with Crippen LogP contribution in [0, 0.1) is 5.92 Å². The molecule has 0 bridgehead atoms. The van der Waals surface area contributed by atoms with Crippen molar-refractivity contribution in [2.24, 2.45) is 5.92 Å². The third-order valence-corrected chi connectivity index (χ3v) is 4.95. The topological polar surface area (TPSA) is 6.48 Å². The van der Waals surface area contributed by atoms with Crippen LogP contribution in [0.4, 0.5) is 5.69 Å². The molecule has 1 aliphatic heterocycles. The number of alkyl halides is 1. The Morgan fingerprint density at radius 1 is 1.37 bits per heavy atom. The van der Waals surface area contributed by atoms with Crippen LogP contribution in [0.1, 0.15) is 18.4 Å². The highest BCUT2D eigenvalue weighted by atomic mass is 79.9. The highest BCUT2D eigenvalue weighted by Gasteiger charge is 2.18. The second-order valence-electron chi connectivity index (χ2n) is 5.54. The van der Waals surface area contributed by atoms with Crippen molar-refractivity contribution in [1.29, 1.82) is 0 Å². The van der Waals surface area contributed by atoms with E-state index in [9.17, 15) is 0 Å². The van der Waals surface area contributed by atoms with Crippen LogP contribution in [-0.2, 0) is 5.33 Å². The smallest absolute Gasteiger partial charge is 0.0467 e. The lowest BCUT2D eigenvalue weighted by atomic mass is 9.96. The highest BCUT2D eigenvalue weighted by molar-refractivity contribution is 9.08. The molecular weight excluding hydrogens is 324 g/mol. The van der Waals surface area contributed by atoms with Crippen LogP contribution >= 0.6 is 27.5 Å². The van der Waals surface area contributed by atoms with Gasteiger partial charge in [0.05, 0.1) is 0 Å². The minimum atomic E-state index is 0.802. The summed E-state index contributed by atoms with van der Waals surface area (Å²) in [6.45, 7) is 3.57. The molecule has 1 aromatic carbocycles. The molecule has 106 valence electrons. The van der Waals surface area contributed by atoms with Crippen molar-refractivity contribution in [1.82, 2.24) is 4.90 Å². The first kappa shape index (κ1) is 15.1. The Morgan fingerprint density at radius 2 is 2.05 bits per heavy atom. The average molecular weight is 346 g/mol. The Bertz CT molecular complexity index is 417. The Balaban J connectivity index is 1.96. The fraction of sp³-hybridized carbons (Fsp3) is 0.600. The molecule has 2 rings (SSSR count). The van der Waals surface area contributed by atoms with Crippen LogP contribution in [0.2, 0.25) is 5.02 Å². The normalized spacial score (nSPS) is 17.7. The van der Waals surface area contributed by atoms with E-state index in [1.807, 2.05) is 0 Å². The summed E-state index contributed by atoms with van der Waals surface area (Å²) in [6.07, 6.45) is 2.60. The van der Waals surface area contributed by atoms with Gasteiger partial charge in [0.25, 0.3) is 0 Å². The zero-order chi connectivity index (χ0) is 13.8. The molecule has 4 heteroatoms. The van der Waals surface area contributed by atoms with E-state index in [1.165, 1.54) is 31.6 Å². The predicted molar refractivity (Wildman–Crippen MR) is 87.6 cm³/mol. The first-order valence-corrected chi connectivity index (χ1v) is 8.34. The molecule has 0 saturated carbocycles. The summed E-state index contributed by atoms with van der Waals surface area (Å²) in [6, 6.07) is 6.35. The molecule has 19 heavy (non-hydrogen) atoms. The number of piperidine rings is 1. The molecule has 0 N–H and O–H groups in total. The third-order valence-electron chi connectivity index (χ3n) is 3.99. The molecule has 0 unspecified atom stereocenters. The average Bonchev–Trinajstić information content (AvgIpc) is 2.41. The molecule has 1 saturated heterocycles. The number of halogens is 2. The Morgan fingerprint density at radius 3 is 2.63 bits per heavy atom. The molecular formula is C15H22BrClN2. The molecule has 0 amide bonds. The van der Waals surface area contributed by atoms with Gasteiger partial charge in [0.15, 0.2) is 0 Å². The van der Waals surface area contributed by atoms with E-state index >= 15 is 0 Å². The zero-order valence-electron chi connectivity index (χ0n) is 11.7. The number of likely N-dealkylation sites (tertiary alicyclic amines) is 1. The summed E-state index contributed by atoms with van der Waals surface area (Å²) in [5.41, 5.74) is 2.37. The minimum Gasteiger partial charge on any atom is -0.374 e. The molecule has 0 radical (unpaired) electrons. The van der Waals surface area contributed by atoms with Gasteiger partial charge in [0.1, 0.15) is 0 Å². The summed E-state index contributed by atoms with van der Waals surface area (Å²) in [5.74, 6) is 0.802. The molecule has 1 aliphatic rings. The summed E-state index contributed by atoms with van der Waals surface area (Å²) < 4.78 is 0. The third kappa shape index (κ3) is 4.11. The van der Waals surface area contributed by atoms with Gasteiger partial charge < -0.3 is 9.80 Å². The van der Waals surface area contributed by atoms with Crippen LogP contribution in [-0.4, -0.2) is 38.6 Å². The maximum atomic E-state index is 6.27. The van der Waals surface area contributed by atoms with Gasteiger partial charge in [-0.3, -0.25) is 0 Å². The van der Waals surface area contributed by atoms with Gasteiger partial charge in [-0.2, -0.15) is 0 Å². The van der Waals surface area contributed by atoms with E-state index < -0.39 is 0 Å². The molecule has 2 nitrogen and oxygen atoms in total. The van der Waals surface area contributed by atoms with E-state index in [0.29, 0.717) is 0 Å². The lowest BCUT2D eigenvalue weighted by Crippen LogP contribution is -2.35. The van der Waals surface area contributed by atoms with Crippen LogP contribution in [0.15, 0.2) is 18.2 Å². The largest absolute Gasteiger partial charge is 0.374 e.